The maximum absolute atomic E-state index is 8.60. The van der Waals surface area contributed by atoms with Crippen LogP contribution in [-0.4, -0.2) is 43.1 Å². The first-order valence-electron chi connectivity index (χ1n) is 6.16. The molecule has 0 unspecified atom stereocenters. The standard InChI is InChI=1S/C14H22N2O2/c1-12(15-17)11-13-5-7-14(8-6-13)18-10-4-9-16(2)3/h5-8,17H,4,9-11H2,1-3H3/b15-12+. The Labute approximate surface area is 109 Å². The number of rotatable bonds is 7. The van der Waals surface area contributed by atoms with Crippen LogP contribution in [0.25, 0.3) is 0 Å². The van der Waals surface area contributed by atoms with Crippen molar-refractivity contribution in [2.45, 2.75) is 19.8 Å². The van der Waals surface area contributed by atoms with Gasteiger partial charge in [-0.05, 0) is 45.1 Å². The van der Waals surface area contributed by atoms with E-state index >= 15 is 0 Å². The van der Waals surface area contributed by atoms with Gasteiger partial charge in [0.2, 0.25) is 0 Å². The van der Waals surface area contributed by atoms with E-state index in [0.29, 0.717) is 12.1 Å². The molecule has 4 heteroatoms. The lowest BCUT2D eigenvalue weighted by molar-refractivity contribution is 0.281. The first-order valence-corrected chi connectivity index (χ1v) is 6.16. The van der Waals surface area contributed by atoms with Gasteiger partial charge in [0.05, 0.1) is 12.3 Å². The number of oxime groups is 1. The van der Waals surface area contributed by atoms with Crippen LogP contribution in [0.15, 0.2) is 29.4 Å². The predicted molar refractivity (Wildman–Crippen MR) is 73.7 cm³/mol. The molecule has 0 aliphatic rings. The molecule has 0 amide bonds. The van der Waals surface area contributed by atoms with Gasteiger partial charge in [-0.25, -0.2) is 0 Å². The highest BCUT2D eigenvalue weighted by Gasteiger charge is 1.98. The van der Waals surface area contributed by atoms with Crippen LogP contribution in [0.1, 0.15) is 18.9 Å². The summed E-state index contributed by atoms with van der Waals surface area (Å²) in [6.45, 7) is 3.56. The second-order valence-corrected chi connectivity index (χ2v) is 4.66. The monoisotopic (exact) mass is 250 g/mol. The van der Waals surface area contributed by atoms with E-state index in [4.69, 9.17) is 9.94 Å². The van der Waals surface area contributed by atoms with Crippen molar-refractivity contribution in [3.05, 3.63) is 29.8 Å². The maximum Gasteiger partial charge on any atom is 0.119 e. The molecule has 0 aliphatic heterocycles. The number of hydrogen-bond acceptors (Lipinski definition) is 4. The lowest BCUT2D eigenvalue weighted by Gasteiger charge is -2.10. The van der Waals surface area contributed by atoms with Crippen LogP contribution >= 0.6 is 0 Å². The van der Waals surface area contributed by atoms with Crippen molar-refractivity contribution in [2.24, 2.45) is 5.16 Å². The first kappa shape index (κ1) is 14.5. The Morgan fingerprint density at radius 1 is 1.28 bits per heavy atom. The van der Waals surface area contributed by atoms with Gasteiger partial charge in [0.15, 0.2) is 0 Å². The van der Waals surface area contributed by atoms with Gasteiger partial charge in [-0.15, -0.1) is 0 Å². The van der Waals surface area contributed by atoms with Gasteiger partial charge in [0.1, 0.15) is 5.75 Å². The molecule has 18 heavy (non-hydrogen) atoms. The second kappa shape index (κ2) is 7.71. The van der Waals surface area contributed by atoms with Gasteiger partial charge >= 0.3 is 0 Å². The molecular weight excluding hydrogens is 228 g/mol. The highest BCUT2D eigenvalue weighted by Crippen LogP contribution is 2.13. The van der Waals surface area contributed by atoms with Crippen molar-refractivity contribution in [2.75, 3.05) is 27.2 Å². The Morgan fingerprint density at radius 2 is 1.94 bits per heavy atom. The summed E-state index contributed by atoms with van der Waals surface area (Å²) < 4.78 is 5.64. The van der Waals surface area contributed by atoms with E-state index in [-0.39, 0.29) is 0 Å². The zero-order valence-electron chi connectivity index (χ0n) is 11.4. The van der Waals surface area contributed by atoms with Crippen LogP contribution in [0.2, 0.25) is 0 Å². The second-order valence-electron chi connectivity index (χ2n) is 4.66. The molecule has 100 valence electrons. The van der Waals surface area contributed by atoms with Crippen LogP contribution < -0.4 is 4.74 Å². The van der Waals surface area contributed by atoms with Gasteiger partial charge in [-0.1, -0.05) is 17.3 Å². The topological polar surface area (TPSA) is 45.1 Å². The highest BCUT2D eigenvalue weighted by atomic mass is 16.5. The summed E-state index contributed by atoms with van der Waals surface area (Å²) >= 11 is 0. The molecule has 4 nitrogen and oxygen atoms in total. The molecule has 0 atom stereocenters. The van der Waals surface area contributed by atoms with E-state index in [9.17, 15) is 0 Å². The van der Waals surface area contributed by atoms with E-state index in [2.05, 4.69) is 24.2 Å². The number of hydrogen-bond donors (Lipinski definition) is 1. The number of ether oxygens (including phenoxy) is 1. The zero-order valence-corrected chi connectivity index (χ0v) is 11.4. The Hall–Kier alpha value is -1.55. The molecule has 1 rings (SSSR count). The minimum absolute atomic E-state index is 0.664. The lowest BCUT2D eigenvalue weighted by Crippen LogP contribution is -2.15. The molecule has 0 aromatic heterocycles. The van der Waals surface area contributed by atoms with E-state index in [1.807, 2.05) is 24.3 Å². The Kier molecular flexibility index (Phi) is 6.22. The van der Waals surface area contributed by atoms with Crippen LogP contribution in [0.4, 0.5) is 0 Å². The molecule has 0 spiro atoms. The van der Waals surface area contributed by atoms with E-state index in [1.54, 1.807) is 6.92 Å². The third kappa shape index (κ3) is 5.68. The average Bonchev–Trinajstić information content (AvgIpc) is 2.36. The highest BCUT2D eigenvalue weighted by molar-refractivity contribution is 5.83. The fourth-order valence-corrected chi connectivity index (χ4v) is 1.61. The minimum atomic E-state index is 0.664. The Balaban J connectivity index is 2.36. The lowest BCUT2D eigenvalue weighted by atomic mass is 10.1. The molecular formula is C14H22N2O2. The minimum Gasteiger partial charge on any atom is -0.494 e. The molecule has 0 saturated heterocycles. The smallest absolute Gasteiger partial charge is 0.119 e. The Morgan fingerprint density at radius 3 is 2.50 bits per heavy atom. The Bertz CT molecular complexity index is 372. The molecule has 0 aliphatic carbocycles. The average molecular weight is 250 g/mol. The molecule has 1 N–H and O–H groups in total. The summed E-state index contributed by atoms with van der Waals surface area (Å²) in [5.41, 5.74) is 1.82. The van der Waals surface area contributed by atoms with Crippen molar-refractivity contribution in [1.82, 2.24) is 4.90 Å². The largest absolute Gasteiger partial charge is 0.494 e. The third-order valence-corrected chi connectivity index (χ3v) is 2.57. The van der Waals surface area contributed by atoms with Gasteiger partial charge in [0, 0.05) is 13.0 Å². The molecule has 1 aromatic carbocycles. The normalized spacial score (nSPS) is 11.9. The van der Waals surface area contributed by atoms with E-state index in [0.717, 1.165) is 30.9 Å². The van der Waals surface area contributed by atoms with Crippen LogP contribution in [0.3, 0.4) is 0 Å². The fourth-order valence-electron chi connectivity index (χ4n) is 1.61. The van der Waals surface area contributed by atoms with Crippen molar-refractivity contribution in [1.29, 1.82) is 0 Å². The maximum atomic E-state index is 8.60. The molecule has 0 saturated carbocycles. The molecule has 0 heterocycles. The summed E-state index contributed by atoms with van der Waals surface area (Å²) in [7, 11) is 4.11. The quantitative estimate of drug-likeness (QED) is 0.350. The van der Waals surface area contributed by atoms with Crippen molar-refractivity contribution < 1.29 is 9.94 Å². The molecule has 0 bridgehead atoms. The van der Waals surface area contributed by atoms with Crippen molar-refractivity contribution >= 4 is 5.71 Å². The van der Waals surface area contributed by atoms with Crippen LogP contribution in [0.5, 0.6) is 5.75 Å². The third-order valence-electron chi connectivity index (χ3n) is 2.57. The van der Waals surface area contributed by atoms with Gasteiger partial charge in [0.25, 0.3) is 0 Å². The van der Waals surface area contributed by atoms with Gasteiger partial charge in [-0.2, -0.15) is 0 Å². The first-order chi connectivity index (χ1) is 8.61. The summed E-state index contributed by atoms with van der Waals surface area (Å²) in [5.74, 6) is 0.885. The van der Waals surface area contributed by atoms with Gasteiger partial charge < -0.3 is 14.8 Å². The number of nitrogens with zero attached hydrogens (tertiary/aromatic N) is 2. The summed E-state index contributed by atoms with van der Waals surface area (Å²) in [4.78, 5) is 2.14. The fraction of sp³-hybridized carbons (Fsp3) is 0.500. The zero-order chi connectivity index (χ0) is 13.4. The van der Waals surface area contributed by atoms with Crippen LogP contribution in [0, 0.1) is 0 Å². The van der Waals surface area contributed by atoms with E-state index < -0.39 is 0 Å². The van der Waals surface area contributed by atoms with Gasteiger partial charge in [-0.3, -0.25) is 0 Å². The summed E-state index contributed by atoms with van der Waals surface area (Å²) in [6.07, 6.45) is 1.68. The number of benzene rings is 1. The molecule has 1 aromatic rings. The predicted octanol–water partition coefficient (Wildman–Crippen LogP) is 2.41. The van der Waals surface area contributed by atoms with Crippen LogP contribution in [-0.2, 0) is 6.42 Å². The summed E-state index contributed by atoms with van der Waals surface area (Å²) in [6, 6.07) is 7.90. The molecule has 0 radical (unpaired) electrons. The summed E-state index contributed by atoms with van der Waals surface area (Å²) in [5, 5.41) is 11.8. The van der Waals surface area contributed by atoms with E-state index in [1.165, 1.54) is 0 Å². The molecule has 0 fully saturated rings. The van der Waals surface area contributed by atoms with Crippen molar-refractivity contribution in [3.8, 4) is 5.75 Å². The SMILES string of the molecule is C/C(Cc1ccc(OCCCN(C)C)cc1)=N\O. The van der Waals surface area contributed by atoms with Crippen molar-refractivity contribution in [3.63, 3.8) is 0 Å².